The Labute approximate surface area is 129 Å². The molecule has 3 fully saturated rings. The van der Waals surface area contributed by atoms with E-state index in [9.17, 15) is 9.90 Å². The highest BCUT2D eigenvalue weighted by Gasteiger charge is 2.62. The van der Waals surface area contributed by atoms with Gasteiger partial charge in [0.2, 0.25) is 0 Å². The highest BCUT2D eigenvalue weighted by molar-refractivity contribution is 5.75. The number of benzene rings is 1. The predicted octanol–water partition coefficient (Wildman–Crippen LogP) is 0.746. The average Bonchev–Trinajstić information content (AvgIpc) is 3.26. The number of fused-ring (bicyclic) bond motifs is 5. The van der Waals surface area contributed by atoms with E-state index in [0.717, 1.165) is 18.4 Å². The van der Waals surface area contributed by atoms with Crippen molar-refractivity contribution >= 4 is 5.97 Å². The first kappa shape index (κ1) is 14.2. The predicted molar refractivity (Wildman–Crippen MR) is 79.3 cm³/mol. The Bertz CT molecular complexity index is 545. The van der Waals surface area contributed by atoms with E-state index in [-0.39, 0.29) is 6.10 Å². The lowest BCUT2D eigenvalue weighted by Crippen LogP contribution is -2.48. The van der Waals surface area contributed by atoms with E-state index in [1.807, 2.05) is 30.3 Å². The van der Waals surface area contributed by atoms with Crippen LogP contribution in [0.25, 0.3) is 0 Å². The number of epoxide rings is 1. The Hall–Kier alpha value is -1.43. The molecule has 1 aromatic carbocycles. The van der Waals surface area contributed by atoms with Crippen LogP contribution in [0, 0.1) is 0 Å². The lowest BCUT2D eigenvalue weighted by Gasteiger charge is -2.38. The lowest BCUT2D eigenvalue weighted by molar-refractivity contribution is -0.163. The second kappa shape index (κ2) is 5.33. The number of carbonyl (C=O) groups is 1. The van der Waals surface area contributed by atoms with Gasteiger partial charge in [0.15, 0.2) is 6.10 Å². The first-order valence-electron chi connectivity index (χ1n) is 7.93. The van der Waals surface area contributed by atoms with Crippen molar-refractivity contribution in [1.82, 2.24) is 4.90 Å². The maximum atomic E-state index is 12.1. The van der Waals surface area contributed by atoms with Gasteiger partial charge in [-0.15, -0.1) is 0 Å². The number of piperidine rings is 1. The molecular formula is C17H21NO4. The first-order chi connectivity index (χ1) is 10.6. The van der Waals surface area contributed by atoms with E-state index in [4.69, 9.17) is 9.47 Å². The van der Waals surface area contributed by atoms with Crippen LogP contribution in [0.15, 0.2) is 30.3 Å². The summed E-state index contributed by atoms with van der Waals surface area (Å²) in [6, 6.07) is 10.2. The van der Waals surface area contributed by atoms with Crippen LogP contribution in [0.4, 0.5) is 0 Å². The quantitative estimate of drug-likeness (QED) is 0.657. The molecule has 1 unspecified atom stereocenters. The first-order valence-corrected chi connectivity index (χ1v) is 7.93. The van der Waals surface area contributed by atoms with Crippen molar-refractivity contribution in [2.45, 2.75) is 55.8 Å². The third-order valence-electron chi connectivity index (χ3n) is 5.20. The van der Waals surface area contributed by atoms with Crippen LogP contribution in [0.5, 0.6) is 0 Å². The Morgan fingerprint density at radius 3 is 2.59 bits per heavy atom. The molecular weight excluding hydrogens is 282 g/mol. The van der Waals surface area contributed by atoms with Crippen LogP contribution in [0.3, 0.4) is 0 Å². The van der Waals surface area contributed by atoms with Gasteiger partial charge in [-0.1, -0.05) is 30.3 Å². The molecule has 3 heterocycles. The van der Waals surface area contributed by atoms with E-state index < -0.39 is 12.1 Å². The monoisotopic (exact) mass is 303 g/mol. The standard InChI is InChI=1S/C17H21NO4/c1-18-12-8-11(9-13(18)16-15(12)22-16)21-17(20)14(19)7-10-5-3-2-4-6-10/h2-6,11-16,19H,7-9H2,1H3/t11?,12-,13+,14-,15+,16-/m1/s1. The number of nitrogens with zero attached hydrogens (tertiary/aromatic N) is 1. The molecule has 0 radical (unpaired) electrons. The summed E-state index contributed by atoms with van der Waals surface area (Å²) in [6.07, 6.45) is 1.37. The second-order valence-corrected chi connectivity index (χ2v) is 6.60. The van der Waals surface area contributed by atoms with Crippen LogP contribution >= 0.6 is 0 Å². The van der Waals surface area contributed by atoms with E-state index >= 15 is 0 Å². The SMILES string of the molecule is CN1[C@@H]2CC(OC(=O)[C@H](O)Cc3ccccc3)C[C@H]1[C@H]1O[C@H]12. The molecule has 4 rings (SSSR count). The van der Waals surface area contributed by atoms with E-state index in [2.05, 4.69) is 11.9 Å². The number of esters is 1. The molecule has 6 atom stereocenters. The number of ether oxygens (including phenoxy) is 2. The van der Waals surface area contributed by atoms with Crippen molar-refractivity contribution in [1.29, 1.82) is 0 Å². The number of hydrogen-bond acceptors (Lipinski definition) is 5. The molecule has 22 heavy (non-hydrogen) atoms. The van der Waals surface area contributed by atoms with Gasteiger partial charge in [-0.05, 0) is 12.6 Å². The molecule has 5 heteroatoms. The fourth-order valence-corrected chi connectivity index (χ4v) is 3.96. The molecule has 5 nitrogen and oxygen atoms in total. The van der Waals surface area contributed by atoms with Crippen molar-refractivity contribution < 1.29 is 19.4 Å². The summed E-state index contributed by atoms with van der Waals surface area (Å²) in [4.78, 5) is 14.5. The smallest absolute Gasteiger partial charge is 0.335 e. The molecule has 0 aromatic heterocycles. The molecule has 0 aliphatic carbocycles. The Kier molecular flexibility index (Phi) is 3.44. The van der Waals surface area contributed by atoms with E-state index in [1.54, 1.807) is 0 Å². The summed E-state index contributed by atoms with van der Waals surface area (Å²) >= 11 is 0. The van der Waals surface area contributed by atoms with Crippen molar-refractivity contribution in [2.24, 2.45) is 0 Å². The number of carbonyl (C=O) groups excluding carboxylic acids is 1. The van der Waals surface area contributed by atoms with Gasteiger partial charge in [-0.2, -0.15) is 0 Å². The van der Waals surface area contributed by atoms with Gasteiger partial charge in [0.1, 0.15) is 18.3 Å². The Balaban J connectivity index is 1.33. The molecule has 2 bridgehead atoms. The summed E-state index contributed by atoms with van der Waals surface area (Å²) in [5, 5.41) is 10.1. The van der Waals surface area contributed by atoms with Crippen molar-refractivity contribution in [3.8, 4) is 0 Å². The molecule has 0 amide bonds. The average molecular weight is 303 g/mol. The number of rotatable bonds is 4. The van der Waals surface area contributed by atoms with Gasteiger partial charge in [-0.3, -0.25) is 4.90 Å². The largest absolute Gasteiger partial charge is 0.460 e. The van der Waals surface area contributed by atoms with Crippen LogP contribution in [0.2, 0.25) is 0 Å². The van der Waals surface area contributed by atoms with Gasteiger partial charge in [0.05, 0.1) is 0 Å². The zero-order valence-corrected chi connectivity index (χ0v) is 12.6. The van der Waals surface area contributed by atoms with Gasteiger partial charge >= 0.3 is 5.97 Å². The molecule has 3 aliphatic rings. The molecule has 3 aliphatic heterocycles. The Morgan fingerprint density at radius 2 is 1.95 bits per heavy atom. The minimum atomic E-state index is -1.09. The van der Waals surface area contributed by atoms with E-state index in [0.29, 0.717) is 30.7 Å². The summed E-state index contributed by atoms with van der Waals surface area (Å²) < 4.78 is 11.2. The summed E-state index contributed by atoms with van der Waals surface area (Å²) in [5.74, 6) is -0.507. The van der Waals surface area contributed by atoms with Crippen LogP contribution < -0.4 is 0 Å². The maximum absolute atomic E-state index is 12.1. The number of aliphatic hydroxyl groups excluding tert-OH is 1. The fourth-order valence-electron chi connectivity index (χ4n) is 3.96. The number of morpholine rings is 1. The van der Waals surface area contributed by atoms with Crippen molar-refractivity contribution in [3.05, 3.63) is 35.9 Å². The zero-order chi connectivity index (χ0) is 15.3. The van der Waals surface area contributed by atoms with Crippen LogP contribution in [0.1, 0.15) is 18.4 Å². The summed E-state index contributed by atoms with van der Waals surface area (Å²) in [5.41, 5.74) is 0.935. The topological polar surface area (TPSA) is 62.3 Å². The molecule has 0 saturated carbocycles. The third kappa shape index (κ3) is 2.43. The maximum Gasteiger partial charge on any atom is 0.335 e. The number of hydrogen-bond donors (Lipinski definition) is 1. The fraction of sp³-hybridized carbons (Fsp3) is 0.588. The van der Waals surface area contributed by atoms with E-state index in [1.165, 1.54) is 0 Å². The van der Waals surface area contributed by atoms with Crippen LogP contribution in [-0.4, -0.2) is 59.5 Å². The normalized spacial score (nSPS) is 37.5. The molecule has 1 N–H and O–H groups in total. The molecule has 0 spiro atoms. The summed E-state index contributed by atoms with van der Waals surface area (Å²) in [6.45, 7) is 0. The number of likely N-dealkylation sites (N-methyl/N-ethyl adjacent to an activating group) is 1. The van der Waals surface area contributed by atoms with Crippen LogP contribution in [-0.2, 0) is 20.7 Å². The minimum Gasteiger partial charge on any atom is -0.460 e. The molecule has 1 aromatic rings. The van der Waals surface area contributed by atoms with Gasteiger partial charge in [-0.25, -0.2) is 4.79 Å². The van der Waals surface area contributed by atoms with Crippen molar-refractivity contribution in [2.75, 3.05) is 7.05 Å². The summed E-state index contributed by atoms with van der Waals surface area (Å²) in [7, 11) is 2.12. The molecule has 118 valence electrons. The van der Waals surface area contributed by atoms with Gasteiger partial charge < -0.3 is 14.6 Å². The second-order valence-electron chi connectivity index (χ2n) is 6.60. The van der Waals surface area contributed by atoms with Crippen molar-refractivity contribution in [3.63, 3.8) is 0 Å². The zero-order valence-electron chi connectivity index (χ0n) is 12.6. The van der Waals surface area contributed by atoms with Gasteiger partial charge in [0.25, 0.3) is 0 Å². The molecule has 3 saturated heterocycles. The lowest BCUT2D eigenvalue weighted by atomic mass is 9.99. The number of aliphatic hydroxyl groups is 1. The highest BCUT2D eigenvalue weighted by atomic mass is 16.6. The minimum absolute atomic E-state index is 0.0967. The Morgan fingerprint density at radius 1 is 1.32 bits per heavy atom. The third-order valence-corrected chi connectivity index (χ3v) is 5.20. The van der Waals surface area contributed by atoms with Gasteiger partial charge in [0, 0.05) is 31.3 Å². The highest BCUT2D eigenvalue weighted by Crippen LogP contribution is 2.47.